The summed E-state index contributed by atoms with van der Waals surface area (Å²) in [5, 5.41) is 0. The summed E-state index contributed by atoms with van der Waals surface area (Å²) in [4.78, 5) is 0. The molecule has 0 aliphatic heterocycles. The average molecular weight is 210 g/mol. The fourth-order valence-electron chi connectivity index (χ4n) is 1.50. The van der Waals surface area contributed by atoms with Crippen LogP contribution in [0.3, 0.4) is 0 Å². The largest absolute Gasteiger partial charge is 0.457 e. The molecule has 0 saturated carbocycles. The molecule has 2 aromatic carbocycles. The van der Waals surface area contributed by atoms with Crippen LogP contribution in [-0.4, -0.2) is 0 Å². The van der Waals surface area contributed by atoms with E-state index in [1.54, 1.807) is 0 Å². The average Bonchev–Trinajstić information content (AvgIpc) is 2.31. The van der Waals surface area contributed by atoms with Gasteiger partial charge in [0.25, 0.3) is 0 Å². The molecule has 0 heterocycles. The third kappa shape index (κ3) is 2.74. The van der Waals surface area contributed by atoms with Gasteiger partial charge >= 0.3 is 0 Å². The van der Waals surface area contributed by atoms with Gasteiger partial charge in [-0.15, -0.1) is 0 Å². The number of ether oxygens (including phenoxy) is 1. The molecular formula is C15H14O. The highest BCUT2D eigenvalue weighted by Crippen LogP contribution is 2.22. The minimum absolute atomic E-state index is 0.861. The first-order valence-electron chi connectivity index (χ1n) is 5.34. The zero-order valence-electron chi connectivity index (χ0n) is 9.26. The van der Waals surface area contributed by atoms with E-state index in [-0.39, 0.29) is 0 Å². The van der Waals surface area contributed by atoms with Crippen LogP contribution in [0, 0.1) is 0 Å². The first kappa shape index (κ1) is 10.5. The summed E-state index contributed by atoms with van der Waals surface area (Å²) in [6.45, 7) is 2.00. The Morgan fingerprint density at radius 1 is 0.875 bits per heavy atom. The van der Waals surface area contributed by atoms with Crippen LogP contribution in [-0.2, 0) is 0 Å². The van der Waals surface area contributed by atoms with Crippen molar-refractivity contribution in [3.05, 3.63) is 66.2 Å². The van der Waals surface area contributed by atoms with E-state index in [1.807, 2.05) is 61.5 Å². The minimum atomic E-state index is 0.861. The van der Waals surface area contributed by atoms with E-state index in [9.17, 15) is 0 Å². The third-order valence-electron chi connectivity index (χ3n) is 2.20. The summed E-state index contributed by atoms with van der Waals surface area (Å²) in [7, 11) is 0. The maximum Gasteiger partial charge on any atom is 0.128 e. The van der Waals surface area contributed by atoms with E-state index in [1.165, 1.54) is 0 Å². The summed E-state index contributed by atoms with van der Waals surface area (Å²) < 4.78 is 5.73. The Kier molecular flexibility index (Phi) is 3.39. The van der Waals surface area contributed by atoms with Crippen molar-refractivity contribution in [3.63, 3.8) is 0 Å². The lowest BCUT2D eigenvalue weighted by atomic mass is 10.2. The van der Waals surface area contributed by atoms with Crippen molar-refractivity contribution in [3.8, 4) is 11.5 Å². The molecule has 0 amide bonds. The molecule has 16 heavy (non-hydrogen) atoms. The van der Waals surface area contributed by atoms with Gasteiger partial charge in [0.1, 0.15) is 11.5 Å². The van der Waals surface area contributed by atoms with Crippen LogP contribution in [0.2, 0.25) is 0 Å². The highest BCUT2D eigenvalue weighted by atomic mass is 16.5. The molecule has 0 unspecified atom stereocenters. The number of para-hydroxylation sites is 1. The predicted octanol–water partition coefficient (Wildman–Crippen LogP) is 4.51. The molecule has 0 aliphatic rings. The molecule has 0 radical (unpaired) electrons. The van der Waals surface area contributed by atoms with Crippen molar-refractivity contribution >= 4 is 6.08 Å². The molecule has 80 valence electrons. The van der Waals surface area contributed by atoms with Crippen LogP contribution in [0.25, 0.3) is 6.08 Å². The number of allylic oxidation sites excluding steroid dienone is 1. The molecule has 0 N–H and O–H groups in total. The molecule has 1 nitrogen and oxygen atoms in total. The molecule has 0 atom stereocenters. The fourth-order valence-corrected chi connectivity index (χ4v) is 1.50. The van der Waals surface area contributed by atoms with Crippen LogP contribution >= 0.6 is 0 Å². The lowest BCUT2D eigenvalue weighted by Crippen LogP contribution is -1.83. The Balaban J connectivity index is 2.19. The van der Waals surface area contributed by atoms with E-state index in [4.69, 9.17) is 4.74 Å². The van der Waals surface area contributed by atoms with Gasteiger partial charge in [-0.05, 0) is 36.8 Å². The van der Waals surface area contributed by atoms with Crippen molar-refractivity contribution in [1.82, 2.24) is 0 Å². The molecule has 2 rings (SSSR count). The SMILES string of the molecule is C/C=C/c1cccc(Oc2ccccc2)c1. The maximum absolute atomic E-state index is 5.73. The van der Waals surface area contributed by atoms with Gasteiger partial charge < -0.3 is 4.74 Å². The molecular weight excluding hydrogens is 196 g/mol. The van der Waals surface area contributed by atoms with E-state index in [2.05, 4.69) is 12.1 Å². The summed E-state index contributed by atoms with van der Waals surface area (Å²) >= 11 is 0. The van der Waals surface area contributed by atoms with Crippen molar-refractivity contribution < 1.29 is 4.74 Å². The van der Waals surface area contributed by atoms with E-state index >= 15 is 0 Å². The molecule has 0 bridgehead atoms. The second-order valence-corrected chi connectivity index (χ2v) is 3.49. The lowest BCUT2D eigenvalue weighted by Gasteiger charge is -2.05. The van der Waals surface area contributed by atoms with E-state index < -0.39 is 0 Å². The van der Waals surface area contributed by atoms with Gasteiger partial charge in [-0.3, -0.25) is 0 Å². The Hall–Kier alpha value is -2.02. The number of benzene rings is 2. The Morgan fingerprint density at radius 3 is 2.38 bits per heavy atom. The van der Waals surface area contributed by atoms with Crippen LogP contribution in [0.5, 0.6) is 11.5 Å². The van der Waals surface area contributed by atoms with Crippen LogP contribution in [0.15, 0.2) is 60.7 Å². The quantitative estimate of drug-likeness (QED) is 0.724. The molecule has 0 aliphatic carbocycles. The fraction of sp³-hybridized carbons (Fsp3) is 0.0667. The highest BCUT2D eigenvalue weighted by molar-refractivity contribution is 5.51. The number of rotatable bonds is 3. The van der Waals surface area contributed by atoms with Crippen molar-refractivity contribution in [2.45, 2.75) is 6.92 Å². The molecule has 2 aromatic rings. The summed E-state index contributed by atoms with van der Waals surface area (Å²) in [5.41, 5.74) is 1.15. The first-order valence-corrected chi connectivity index (χ1v) is 5.34. The maximum atomic E-state index is 5.73. The van der Waals surface area contributed by atoms with Gasteiger partial charge in [0.15, 0.2) is 0 Å². The van der Waals surface area contributed by atoms with Gasteiger partial charge in [-0.1, -0.05) is 42.5 Å². The highest BCUT2D eigenvalue weighted by Gasteiger charge is 1.96. The predicted molar refractivity (Wildman–Crippen MR) is 67.7 cm³/mol. The molecule has 0 spiro atoms. The van der Waals surface area contributed by atoms with Gasteiger partial charge in [0, 0.05) is 0 Å². The van der Waals surface area contributed by atoms with Gasteiger partial charge in [-0.2, -0.15) is 0 Å². The van der Waals surface area contributed by atoms with Crippen LogP contribution < -0.4 is 4.74 Å². The monoisotopic (exact) mass is 210 g/mol. The Morgan fingerprint density at radius 2 is 1.62 bits per heavy atom. The molecule has 0 fully saturated rings. The standard InChI is InChI=1S/C15H14O/c1-2-7-13-8-6-11-15(12-13)16-14-9-4-3-5-10-14/h2-12H,1H3/b7-2+. The van der Waals surface area contributed by atoms with Crippen LogP contribution in [0.1, 0.15) is 12.5 Å². The summed E-state index contributed by atoms with van der Waals surface area (Å²) in [5.74, 6) is 1.72. The number of hydrogen-bond acceptors (Lipinski definition) is 1. The van der Waals surface area contributed by atoms with Crippen molar-refractivity contribution in [2.75, 3.05) is 0 Å². The van der Waals surface area contributed by atoms with E-state index in [0.29, 0.717) is 0 Å². The van der Waals surface area contributed by atoms with Crippen LogP contribution in [0.4, 0.5) is 0 Å². The first-order chi connectivity index (χ1) is 7.88. The summed E-state index contributed by atoms with van der Waals surface area (Å²) in [6, 6.07) is 17.8. The second-order valence-electron chi connectivity index (χ2n) is 3.49. The zero-order chi connectivity index (χ0) is 11.2. The van der Waals surface area contributed by atoms with Gasteiger partial charge in [0.2, 0.25) is 0 Å². The zero-order valence-corrected chi connectivity index (χ0v) is 9.26. The number of hydrogen-bond donors (Lipinski definition) is 0. The topological polar surface area (TPSA) is 9.23 Å². The van der Waals surface area contributed by atoms with Crippen molar-refractivity contribution in [1.29, 1.82) is 0 Å². The Bertz CT molecular complexity index is 472. The van der Waals surface area contributed by atoms with Gasteiger partial charge in [0.05, 0.1) is 0 Å². The normalized spacial score (nSPS) is 10.6. The second kappa shape index (κ2) is 5.17. The van der Waals surface area contributed by atoms with Gasteiger partial charge in [-0.25, -0.2) is 0 Å². The van der Waals surface area contributed by atoms with E-state index in [0.717, 1.165) is 17.1 Å². The molecule has 1 heteroatoms. The molecule has 0 saturated heterocycles. The third-order valence-corrected chi connectivity index (χ3v) is 2.20. The van der Waals surface area contributed by atoms with Crippen molar-refractivity contribution in [2.24, 2.45) is 0 Å². The lowest BCUT2D eigenvalue weighted by molar-refractivity contribution is 0.482. The minimum Gasteiger partial charge on any atom is -0.457 e. The smallest absolute Gasteiger partial charge is 0.128 e. The summed E-state index contributed by atoms with van der Waals surface area (Å²) in [6.07, 6.45) is 4.07. The molecule has 0 aromatic heterocycles. The Labute approximate surface area is 96.0 Å².